The molecule has 3 aromatic rings. The van der Waals surface area contributed by atoms with Gasteiger partial charge in [0.05, 0.1) is 15.1 Å². The van der Waals surface area contributed by atoms with Crippen LogP contribution in [0.1, 0.15) is 28.8 Å². The minimum atomic E-state index is -0.426. The standard InChI is InChI=1S/C19H18N4O3S/c1-12-4-6-14-17(10-12)27-19(20-14)21-18(24)13-5-7-15(16(11-13)23(25)26)22-8-2-3-9-22/h4-7,10-11H,2-3,8-9H2,1H3,(H,20,21,24). The lowest BCUT2D eigenvalue weighted by atomic mass is 10.1. The summed E-state index contributed by atoms with van der Waals surface area (Å²) in [6.45, 7) is 3.60. The van der Waals surface area contributed by atoms with Crippen LogP contribution >= 0.6 is 11.3 Å². The second-order valence-electron chi connectivity index (χ2n) is 6.60. The molecule has 27 heavy (non-hydrogen) atoms. The molecule has 0 saturated carbocycles. The third-order valence-electron chi connectivity index (χ3n) is 4.65. The molecule has 2 heterocycles. The molecule has 1 aliphatic heterocycles. The molecule has 0 radical (unpaired) electrons. The maximum absolute atomic E-state index is 12.6. The lowest BCUT2D eigenvalue weighted by molar-refractivity contribution is -0.384. The molecule has 0 unspecified atom stereocenters. The van der Waals surface area contributed by atoms with Gasteiger partial charge in [-0.2, -0.15) is 0 Å². The number of nitro benzene ring substituents is 1. The number of nitrogens with one attached hydrogen (secondary N) is 1. The van der Waals surface area contributed by atoms with Gasteiger partial charge in [-0.1, -0.05) is 17.4 Å². The van der Waals surface area contributed by atoms with E-state index in [0.29, 0.717) is 10.8 Å². The summed E-state index contributed by atoms with van der Waals surface area (Å²) in [4.78, 5) is 30.1. The third-order valence-corrected chi connectivity index (χ3v) is 5.58. The molecule has 7 nitrogen and oxygen atoms in total. The number of anilines is 2. The van der Waals surface area contributed by atoms with Crippen molar-refractivity contribution >= 4 is 44.0 Å². The van der Waals surface area contributed by atoms with Gasteiger partial charge >= 0.3 is 0 Å². The fourth-order valence-electron chi connectivity index (χ4n) is 3.29. The van der Waals surface area contributed by atoms with Crippen molar-refractivity contribution in [3.05, 3.63) is 57.6 Å². The van der Waals surface area contributed by atoms with Gasteiger partial charge in [0.1, 0.15) is 5.69 Å². The summed E-state index contributed by atoms with van der Waals surface area (Å²) in [5.74, 6) is -0.401. The molecule has 2 aromatic carbocycles. The molecule has 1 amide bonds. The van der Waals surface area contributed by atoms with E-state index in [-0.39, 0.29) is 11.3 Å². The molecule has 0 spiro atoms. The number of carbonyl (C=O) groups is 1. The summed E-state index contributed by atoms with van der Waals surface area (Å²) in [6.07, 6.45) is 2.05. The normalized spacial score (nSPS) is 13.9. The van der Waals surface area contributed by atoms with Crippen molar-refractivity contribution in [3.8, 4) is 0 Å². The number of aromatic nitrogens is 1. The first-order valence-corrected chi connectivity index (χ1v) is 9.55. The summed E-state index contributed by atoms with van der Waals surface area (Å²) < 4.78 is 0.987. The molecular weight excluding hydrogens is 364 g/mol. The zero-order chi connectivity index (χ0) is 19.0. The van der Waals surface area contributed by atoms with Crippen LogP contribution in [-0.4, -0.2) is 28.9 Å². The highest BCUT2D eigenvalue weighted by Crippen LogP contribution is 2.32. The highest BCUT2D eigenvalue weighted by molar-refractivity contribution is 7.22. The van der Waals surface area contributed by atoms with Crippen LogP contribution in [0.3, 0.4) is 0 Å². The maximum Gasteiger partial charge on any atom is 0.293 e. The fourth-order valence-corrected chi connectivity index (χ4v) is 4.25. The highest BCUT2D eigenvalue weighted by Gasteiger charge is 2.24. The predicted octanol–water partition coefficient (Wildman–Crippen LogP) is 4.37. The minimum Gasteiger partial charge on any atom is -0.366 e. The lowest BCUT2D eigenvalue weighted by Gasteiger charge is -2.17. The van der Waals surface area contributed by atoms with Gasteiger partial charge in [-0.25, -0.2) is 4.98 Å². The molecule has 1 fully saturated rings. The Morgan fingerprint density at radius 1 is 1.22 bits per heavy atom. The molecule has 138 valence electrons. The molecule has 0 bridgehead atoms. The van der Waals surface area contributed by atoms with E-state index in [1.165, 1.54) is 17.4 Å². The van der Waals surface area contributed by atoms with Crippen LogP contribution in [0, 0.1) is 17.0 Å². The molecule has 0 atom stereocenters. The lowest BCUT2D eigenvalue weighted by Crippen LogP contribution is -2.19. The highest BCUT2D eigenvalue weighted by atomic mass is 32.1. The molecule has 1 aliphatic rings. The summed E-state index contributed by atoms with van der Waals surface area (Å²) >= 11 is 1.38. The second-order valence-corrected chi connectivity index (χ2v) is 7.63. The smallest absolute Gasteiger partial charge is 0.293 e. The SMILES string of the molecule is Cc1ccc2nc(NC(=O)c3ccc(N4CCCC4)c([N+](=O)[O-])c3)sc2c1. The largest absolute Gasteiger partial charge is 0.366 e. The number of nitrogens with zero attached hydrogens (tertiary/aromatic N) is 3. The van der Waals surface area contributed by atoms with Gasteiger partial charge in [0.15, 0.2) is 5.13 Å². The van der Waals surface area contributed by atoms with Gasteiger partial charge in [-0.05, 0) is 49.6 Å². The number of thiazole rings is 1. The molecular formula is C19H18N4O3S. The van der Waals surface area contributed by atoms with E-state index in [9.17, 15) is 14.9 Å². The van der Waals surface area contributed by atoms with E-state index in [4.69, 9.17) is 0 Å². The molecule has 1 saturated heterocycles. The quantitative estimate of drug-likeness (QED) is 0.535. The number of nitro groups is 1. The van der Waals surface area contributed by atoms with E-state index >= 15 is 0 Å². The van der Waals surface area contributed by atoms with Crippen LogP contribution in [0.2, 0.25) is 0 Å². The summed E-state index contributed by atoms with van der Waals surface area (Å²) in [5, 5.41) is 14.7. The number of hydrogen-bond donors (Lipinski definition) is 1. The van der Waals surface area contributed by atoms with Crippen molar-refractivity contribution in [3.63, 3.8) is 0 Å². The minimum absolute atomic E-state index is 0.0375. The third kappa shape index (κ3) is 3.48. The van der Waals surface area contributed by atoms with Crippen molar-refractivity contribution in [1.29, 1.82) is 0 Å². The van der Waals surface area contributed by atoms with E-state index in [0.717, 1.165) is 41.7 Å². The van der Waals surface area contributed by atoms with Crippen LogP contribution < -0.4 is 10.2 Å². The van der Waals surface area contributed by atoms with E-state index in [1.54, 1.807) is 12.1 Å². The first-order valence-electron chi connectivity index (χ1n) is 8.73. The summed E-state index contributed by atoms with van der Waals surface area (Å²) in [5.41, 5.74) is 2.72. The average molecular weight is 382 g/mol. The van der Waals surface area contributed by atoms with Crippen molar-refractivity contribution in [2.75, 3.05) is 23.3 Å². The predicted molar refractivity (Wildman–Crippen MR) is 107 cm³/mol. The van der Waals surface area contributed by atoms with Crippen molar-refractivity contribution in [2.45, 2.75) is 19.8 Å². The van der Waals surface area contributed by atoms with E-state index < -0.39 is 10.8 Å². The maximum atomic E-state index is 12.6. The monoisotopic (exact) mass is 382 g/mol. The van der Waals surface area contributed by atoms with Crippen LogP contribution in [0.5, 0.6) is 0 Å². The topological polar surface area (TPSA) is 88.4 Å². The van der Waals surface area contributed by atoms with Crippen LogP contribution in [0.15, 0.2) is 36.4 Å². The number of rotatable bonds is 4. The number of carbonyl (C=O) groups excluding carboxylic acids is 1. The van der Waals surface area contributed by atoms with Crippen LogP contribution in [-0.2, 0) is 0 Å². The van der Waals surface area contributed by atoms with Gasteiger partial charge in [0.2, 0.25) is 0 Å². The Morgan fingerprint density at radius 3 is 2.74 bits per heavy atom. The van der Waals surface area contributed by atoms with Gasteiger partial charge in [0, 0.05) is 24.7 Å². The average Bonchev–Trinajstić information content (AvgIpc) is 3.30. The Bertz CT molecular complexity index is 1040. The molecule has 8 heteroatoms. The molecule has 1 N–H and O–H groups in total. The second kappa shape index (κ2) is 6.96. The Labute approximate surface area is 159 Å². The number of hydrogen-bond acceptors (Lipinski definition) is 6. The first-order chi connectivity index (χ1) is 13.0. The Morgan fingerprint density at radius 2 is 2.00 bits per heavy atom. The van der Waals surface area contributed by atoms with E-state index in [1.807, 2.05) is 30.0 Å². The fraction of sp³-hybridized carbons (Fsp3) is 0.263. The van der Waals surface area contributed by atoms with Crippen molar-refractivity contribution < 1.29 is 9.72 Å². The summed E-state index contributed by atoms with van der Waals surface area (Å²) in [7, 11) is 0. The van der Waals surface area contributed by atoms with Crippen molar-refractivity contribution in [1.82, 2.24) is 4.98 Å². The molecule has 0 aliphatic carbocycles. The molecule has 1 aromatic heterocycles. The Kier molecular flexibility index (Phi) is 4.49. The van der Waals surface area contributed by atoms with E-state index in [2.05, 4.69) is 10.3 Å². The first kappa shape index (κ1) is 17.4. The number of fused-ring (bicyclic) bond motifs is 1. The number of benzene rings is 2. The van der Waals surface area contributed by atoms with Crippen LogP contribution in [0.25, 0.3) is 10.2 Å². The van der Waals surface area contributed by atoms with Gasteiger partial charge in [-0.3, -0.25) is 20.2 Å². The Balaban J connectivity index is 1.60. The number of aryl methyl sites for hydroxylation is 1. The number of amides is 1. The van der Waals surface area contributed by atoms with Gasteiger partial charge in [0.25, 0.3) is 11.6 Å². The van der Waals surface area contributed by atoms with Gasteiger partial charge < -0.3 is 4.90 Å². The van der Waals surface area contributed by atoms with Crippen molar-refractivity contribution in [2.24, 2.45) is 0 Å². The zero-order valence-corrected chi connectivity index (χ0v) is 15.6. The summed E-state index contributed by atoms with van der Waals surface area (Å²) in [6, 6.07) is 10.5. The van der Waals surface area contributed by atoms with Gasteiger partial charge in [-0.15, -0.1) is 0 Å². The zero-order valence-electron chi connectivity index (χ0n) is 14.8. The Hall–Kier alpha value is -3.00. The van der Waals surface area contributed by atoms with Crippen LogP contribution in [0.4, 0.5) is 16.5 Å². The molecule has 4 rings (SSSR count).